The number of alkyl carbamates (subject to hydrolysis) is 2. The Labute approximate surface area is 267 Å². The zero-order valence-electron chi connectivity index (χ0n) is 27.4. The van der Waals surface area contributed by atoms with E-state index in [0.29, 0.717) is 32.2 Å². The van der Waals surface area contributed by atoms with Gasteiger partial charge in [0, 0.05) is 12.5 Å². The van der Waals surface area contributed by atoms with Crippen LogP contribution in [0.2, 0.25) is 0 Å². The predicted molar refractivity (Wildman–Crippen MR) is 173 cm³/mol. The SMILES string of the molecule is CCCCOC(=O)[C@H](CCCCNC(=O)OC(C)(C)C)NC(=O)[C@@H](NC(=O)OCC1c2ccccc2-c2ccccc21)C(C)C. The first-order valence-electron chi connectivity index (χ1n) is 16.0. The summed E-state index contributed by atoms with van der Waals surface area (Å²) in [5.74, 6) is -1.41. The molecule has 10 nitrogen and oxygen atoms in total. The Morgan fingerprint density at radius 3 is 2.02 bits per heavy atom. The molecule has 2 aromatic rings. The molecule has 246 valence electrons. The van der Waals surface area contributed by atoms with Crippen LogP contribution in [0.5, 0.6) is 0 Å². The van der Waals surface area contributed by atoms with Crippen molar-refractivity contribution in [3.63, 3.8) is 0 Å². The van der Waals surface area contributed by atoms with E-state index < -0.39 is 41.7 Å². The lowest BCUT2D eigenvalue weighted by Gasteiger charge is -2.25. The third-order valence-electron chi connectivity index (χ3n) is 7.50. The summed E-state index contributed by atoms with van der Waals surface area (Å²) in [7, 11) is 0. The summed E-state index contributed by atoms with van der Waals surface area (Å²) in [6.07, 6.45) is 1.77. The quantitative estimate of drug-likeness (QED) is 0.125. The van der Waals surface area contributed by atoms with Crippen LogP contribution in [-0.2, 0) is 23.8 Å². The molecular formula is C35H49N3O7. The van der Waals surface area contributed by atoms with Gasteiger partial charge in [-0.15, -0.1) is 0 Å². The average Bonchev–Trinajstić information content (AvgIpc) is 3.30. The Hall–Kier alpha value is -4.08. The number of fused-ring (bicyclic) bond motifs is 3. The topological polar surface area (TPSA) is 132 Å². The monoisotopic (exact) mass is 623 g/mol. The van der Waals surface area contributed by atoms with Crippen LogP contribution in [0.4, 0.5) is 9.59 Å². The summed E-state index contributed by atoms with van der Waals surface area (Å²) in [5.41, 5.74) is 3.84. The minimum Gasteiger partial charge on any atom is -0.464 e. The molecular weight excluding hydrogens is 574 g/mol. The van der Waals surface area contributed by atoms with Gasteiger partial charge in [0.25, 0.3) is 0 Å². The van der Waals surface area contributed by atoms with E-state index in [2.05, 4.69) is 28.1 Å². The Bertz CT molecular complexity index is 1260. The minimum absolute atomic E-state index is 0.110. The Morgan fingerprint density at radius 2 is 1.44 bits per heavy atom. The lowest BCUT2D eigenvalue weighted by atomic mass is 9.98. The summed E-state index contributed by atoms with van der Waals surface area (Å²) in [4.78, 5) is 51.2. The fraction of sp³-hybridized carbons (Fsp3) is 0.543. The van der Waals surface area contributed by atoms with Gasteiger partial charge in [-0.05, 0) is 74.6 Å². The molecule has 3 rings (SSSR count). The number of amides is 3. The van der Waals surface area contributed by atoms with Gasteiger partial charge in [-0.2, -0.15) is 0 Å². The number of hydrogen-bond acceptors (Lipinski definition) is 7. The van der Waals surface area contributed by atoms with Crippen LogP contribution in [0.15, 0.2) is 48.5 Å². The number of ether oxygens (including phenoxy) is 3. The fourth-order valence-corrected chi connectivity index (χ4v) is 5.21. The van der Waals surface area contributed by atoms with Gasteiger partial charge in [-0.25, -0.2) is 14.4 Å². The smallest absolute Gasteiger partial charge is 0.407 e. The van der Waals surface area contributed by atoms with Crippen molar-refractivity contribution in [3.8, 4) is 11.1 Å². The van der Waals surface area contributed by atoms with E-state index in [1.54, 1.807) is 20.8 Å². The minimum atomic E-state index is -0.930. The van der Waals surface area contributed by atoms with Crippen molar-refractivity contribution in [2.45, 2.75) is 97.2 Å². The van der Waals surface area contributed by atoms with Crippen molar-refractivity contribution in [1.82, 2.24) is 16.0 Å². The molecule has 2 aromatic carbocycles. The van der Waals surface area contributed by atoms with Gasteiger partial charge in [0.15, 0.2) is 0 Å². The number of esters is 1. The molecule has 0 spiro atoms. The third-order valence-corrected chi connectivity index (χ3v) is 7.50. The molecule has 0 saturated heterocycles. The highest BCUT2D eigenvalue weighted by Gasteiger charge is 2.32. The number of rotatable bonds is 15. The van der Waals surface area contributed by atoms with Crippen molar-refractivity contribution in [3.05, 3.63) is 59.7 Å². The van der Waals surface area contributed by atoms with Crippen molar-refractivity contribution in [2.24, 2.45) is 5.92 Å². The highest BCUT2D eigenvalue weighted by Crippen LogP contribution is 2.44. The first-order chi connectivity index (χ1) is 21.4. The molecule has 2 atom stereocenters. The average molecular weight is 624 g/mol. The molecule has 1 aliphatic rings. The number of hydrogen-bond donors (Lipinski definition) is 3. The Kier molecular flexibility index (Phi) is 13.2. The molecule has 0 aromatic heterocycles. The van der Waals surface area contributed by atoms with E-state index in [0.717, 1.165) is 28.7 Å². The van der Waals surface area contributed by atoms with Crippen molar-refractivity contribution in [1.29, 1.82) is 0 Å². The van der Waals surface area contributed by atoms with Gasteiger partial charge in [0.05, 0.1) is 6.61 Å². The number of unbranched alkanes of at least 4 members (excludes halogenated alkanes) is 2. The van der Waals surface area contributed by atoms with Crippen LogP contribution in [-0.4, -0.2) is 61.5 Å². The van der Waals surface area contributed by atoms with Gasteiger partial charge >= 0.3 is 18.2 Å². The number of carbonyl (C=O) groups excluding carboxylic acids is 4. The third kappa shape index (κ3) is 10.8. The standard InChI is InChI=1S/C35H49N3O7/c1-7-8-21-43-32(40)29(19-13-14-20-36-33(41)45-35(4,5)6)37-31(39)30(23(2)3)38-34(42)44-22-28-26-17-11-9-15-24(26)25-16-10-12-18-27(25)28/h9-12,15-18,23,28-30H,7-8,13-14,19-22H2,1-6H3,(H,36,41)(H,37,39)(H,38,42)/t29-,30-/m0/s1. The molecule has 10 heteroatoms. The molecule has 0 radical (unpaired) electrons. The first kappa shape index (κ1) is 35.4. The van der Waals surface area contributed by atoms with E-state index >= 15 is 0 Å². The highest BCUT2D eigenvalue weighted by molar-refractivity contribution is 5.90. The van der Waals surface area contributed by atoms with Crippen LogP contribution < -0.4 is 16.0 Å². The molecule has 0 heterocycles. The molecule has 0 saturated carbocycles. The van der Waals surface area contributed by atoms with Crippen LogP contribution >= 0.6 is 0 Å². The normalized spacial score (nSPS) is 13.7. The molecule has 0 aliphatic heterocycles. The number of benzene rings is 2. The van der Waals surface area contributed by atoms with Crippen molar-refractivity contribution in [2.75, 3.05) is 19.8 Å². The predicted octanol–water partition coefficient (Wildman–Crippen LogP) is 6.07. The summed E-state index contributed by atoms with van der Waals surface area (Å²) in [6, 6.07) is 14.3. The summed E-state index contributed by atoms with van der Waals surface area (Å²) in [5, 5.41) is 8.19. The largest absolute Gasteiger partial charge is 0.464 e. The van der Waals surface area contributed by atoms with Gasteiger partial charge in [0.1, 0.15) is 24.3 Å². The maximum atomic E-state index is 13.4. The van der Waals surface area contributed by atoms with E-state index in [1.165, 1.54) is 0 Å². The second-order valence-corrected chi connectivity index (χ2v) is 12.7. The van der Waals surface area contributed by atoms with Crippen LogP contribution in [0, 0.1) is 5.92 Å². The summed E-state index contributed by atoms with van der Waals surface area (Å²) in [6.45, 7) is 11.7. The van der Waals surface area contributed by atoms with Gasteiger partial charge in [0.2, 0.25) is 5.91 Å². The molecule has 45 heavy (non-hydrogen) atoms. The summed E-state index contributed by atoms with van der Waals surface area (Å²) >= 11 is 0. The van der Waals surface area contributed by atoms with Crippen LogP contribution in [0.25, 0.3) is 11.1 Å². The number of carbonyl (C=O) groups is 4. The van der Waals surface area contributed by atoms with Crippen molar-refractivity contribution >= 4 is 24.1 Å². The zero-order chi connectivity index (χ0) is 33.0. The second kappa shape index (κ2) is 16.8. The lowest BCUT2D eigenvalue weighted by Crippen LogP contribution is -2.54. The van der Waals surface area contributed by atoms with Gasteiger partial charge in [-0.3, -0.25) is 4.79 Å². The maximum Gasteiger partial charge on any atom is 0.407 e. The first-order valence-corrected chi connectivity index (χ1v) is 16.0. The number of nitrogens with one attached hydrogen (secondary N) is 3. The second-order valence-electron chi connectivity index (χ2n) is 12.7. The van der Waals surface area contributed by atoms with E-state index in [1.807, 2.05) is 57.2 Å². The molecule has 0 bridgehead atoms. The molecule has 1 aliphatic carbocycles. The summed E-state index contributed by atoms with van der Waals surface area (Å²) < 4.78 is 16.3. The maximum absolute atomic E-state index is 13.4. The molecule has 3 N–H and O–H groups in total. The van der Waals surface area contributed by atoms with Gasteiger partial charge in [-0.1, -0.05) is 75.7 Å². The van der Waals surface area contributed by atoms with Crippen LogP contribution in [0.1, 0.15) is 90.7 Å². The molecule has 0 fully saturated rings. The molecule has 0 unspecified atom stereocenters. The van der Waals surface area contributed by atoms with Crippen LogP contribution in [0.3, 0.4) is 0 Å². The molecule has 3 amide bonds. The Balaban J connectivity index is 1.57. The van der Waals surface area contributed by atoms with Gasteiger partial charge < -0.3 is 30.2 Å². The highest BCUT2D eigenvalue weighted by atomic mass is 16.6. The van der Waals surface area contributed by atoms with Crippen molar-refractivity contribution < 1.29 is 33.4 Å². The van der Waals surface area contributed by atoms with E-state index in [4.69, 9.17) is 14.2 Å². The Morgan fingerprint density at radius 1 is 0.822 bits per heavy atom. The van der Waals surface area contributed by atoms with E-state index in [9.17, 15) is 19.2 Å². The fourth-order valence-electron chi connectivity index (χ4n) is 5.21. The zero-order valence-corrected chi connectivity index (χ0v) is 27.4. The lowest BCUT2D eigenvalue weighted by molar-refractivity contribution is -0.148. The van der Waals surface area contributed by atoms with E-state index in [-0.39, 0.29) is 25.0 Å².